The van der Waals surface area contributed by atoms with Crippen LogP contribution in [0, 0.1) is 6.92 Å². The van der Waals surface area contributed by atoms with E-state index in [-0.39, 0.29) is 5.91 Å². The molecule has 1 aliphatic rings. The van der Waals surface area contributed by atoms with Gasteiger partial charge in [-0.25, -0.2) is 4.98 Å². The highest BCUT2D eigenvalue weighted by Crippen LogP contribution is 2.37. The van der Waals surface area contributed by atoms with Crippen LogP contribution in [0.15, 0.2) is 42.5 Å². The van der Waals surface area contributed by atoms with Crippen LogP contribution in [0.3, 0.4) is 0 Å². The summed E-state index contributed by atoms with van der Waals surface area (Å²) >= 11 is 7.34. The number of ether oxygens (including phenoxy) is 2. The number of nitrogens with zero attached hydrogens (tertiary/aromatic N) is 2. The van der Waals surface area contributed by atoms with Gasteiger partial charge in [-0.05, 0) is 55.7 Å². The molecular weight excluding hydrogens is 448 g/mol. The molecule has 0 radical (unpaired) electrons. The molecule has 0 bridgehead atoms. The van der Waals surface area contributed by atoms with E-state index in [4.69, 9.17) is 21.1 Å². The topological polar surface area (TPSA) is 71.9 Å². The summed E-state index contributed by atoms with van der Waals surface area (Å²) in [5.41, 5.74) is 1.45. The molecule has 6 nitrogen and oxygen atoms in total. The SMILES string of the molecule is COc1ccc(-c2nc(C)c(C(=O)N3CCC(O)(c4ccc(Cl)cc4)CC3)s2)cc1OC. The average Bonchev–Trinajstić information content (AvgIpc) is 3.20. The van der Waals surface area contributed by atoms with Gasteiger partial charge in [-0.3, -0.25) is 4.79 Å². The third-order valence-corrected chi connectivity index (χ3v) is 7.33. The maximum absolute atomic E-state index is 13.2. The standard InChI is InChI=1S/C24H25ClN2O4S/c1-15-21(32-22(26-15)16-4-9-19(30-2)20(14-16)31-3)23(28)27-12-10-24(29,11-13-27)17-5-7-18(25)8-6-17/h4-9,14,29H,10-13H2,1-3H3. The van der Waals surface area contributed by atoms with Crippen LogP contribution in [0.5, 0.6) is 11.5 Å². The molecule has 1 aliphatic heterocycles. The lowest BCUT2D eigenvalue weighted by molar-refractivity contribution is -0.0210. The molecule has 1 fully saturated rings. The zero-order valence-electron chi connectivity index (χ0n) is 18.2. The number of amides is 1. The number of aliphatic hydroxyl groups is 1. The van der Waals surface area contributed by atoms with Crippen molar-refractivity contribution in [1.29, 1.82) is 0 Å². The van der Waals surface area contributed by atoms with Gasteiger partial charge in [0.1, 0.15) is 9.88 Å². The zero-order valence-corrected chi connectivity index (χ0v) is 19.8. The van der Waals surface area contributed by atoms with Crippen LogP contribution in [-0.4, -0.2) is 48.2 Å². The maximum Gasteiger partial charge on any atom is 0.265 e. The Balaban J connectivity index is 1.50. The van der Waals surface area contributed by atoms with E-state index in [0.29, 0.717) is 53.0 Å². The zero-order chi connectivity index (χ0) is 22.9. The van der Waals surface area contributed by atoms with Crippen molar-refractivity contribution in [1.82, 2.24) is 9.88 Å². The van der Waals surface area contributed by atoms with Crippen molar-refractivity contribution in [2.75, 3.05) is 27.3 Å². The largest absolute Gasteiger partial charge is 0.493 e. The molecule has 1 aromatic heterocycles. The van der Waals surface area contributed by atoms with Gasteiger partial charge in [0, 0.05) is 23.7 Å². The predicted molar refractivity (Wildman–Crippen MR) is 126 cm³/mol. The summed E-state index contributed by atoms with van der Waals surface area (Å²) in [6, 6.07) is 12.9. The predicted octanol–water partition coefficient (Wildman–Crippen LogP) is 4.91. The molecule has 1 amide bonds. The van der Waals surface area contributed by atoms with Crippen LogP contribution in [-0.2, 0) is 5.60 Å². The summed E-state index contributed by atoms with van der Waals surface area (Å²) in [4.78, 5) is 20.3. The van der Waals surface area contributed by atoms with Gasteiger partial charge in [0.25, 0.3) is 5.91 Å². The second kappa shape index (κ2) is 9.10. The first kappa shape index (κ1) is 22.6. The lowest BCUT2D eigenvalue weighted by atomic mass is 9.84. The van der Waals surface area contributed by atoms with Gasteiger partial charge in [0.15, 0.2) is 11.5 Å². The number of methoxy groups -OCH3 is 2. The Morgan fingerprint density at radius 3 is 2.38 bits per heavy atom. The molecule has 2 heterocycles. The number of benzene rings is 2. The lowest BCUT2D eigenvalue weighted by Gasteiger charge is -2.38. The number of hydrogen-bond donors (Lipinski definition) is 1. The fraction of sp³-hybridized carbons (Fsp3) is 0.333. The fourth-order valence-electron chi connectivity index (χ4n) is 3.96. The molecule has 4 rings (SSSR count). The third-order valence-electron chi connectivity index (χ3n) is 5.88. The van der Waals surface area contributed by atoms with E-state index in [9.17, 15) is 9.90 Å². The van der Waals surface area contributed by atoms with Crippen LogP contribution < -0.4 is 9.47 Å². The van der Waals surface area contributed by atoms with E-state index < -0.39 is 5.60 Å². The summed E-state index contributed by atoms with van der Waals surface area (Å²) in [6.45, 7) is 2.80. The second-order valence-corrected chi connectivity index (χ2v) is 9.27. The Morgan fingerprint density at radius 1 is 1.09 bits per heavy atom. The van der Waals surface area contributed by atoms with Crippen molar-refractivity contribution in [2.45, 2.75) is 25.4 Å². The van der Waals surface area contributed by atoms with Crippen molar-refractivity contribution in [3.63, 3.8) is 0 Å². The molecule has 1 saturated heterocycles. The minimum atomic E-state index is -0.949. The number of piperidine rings is 1. The molecule has 8 heteroatoms. The van der Waals surface area contributed by atoms with Crippen molar-refractivity contribution >= 4 is 28.8 Å². The van der Waals surface area contributed by atoms with Gasteiger partial charge in [0.2, 0.25) is 0 Å². The van der Waals surface area contributed by atoms with Gasteiger partial charge in [0.05, 0.1) is 25.5 Å². The molecule has 2 aromatic carbocycles. The number of carbonyl (C=O) groups is 1. The van der Waals surface area contributed by atoms with E-state index in [1.807, 2.05) is 37.3 Å². The maximum atomic E-state index is 13.2. The van der Waals surface area contributed by atoms with Crippen molar-refractivity contribution in [2.24, 2.45) is 0 Å². The number of halogens is 1. The summed E-state index contributed by atoms with van der Waals surface area (Å²) < 4.78 is 10.7. The van der Waals surface area contributed by atoms with Gasteiger partial charge in [-0.2, -0.15) is 0 Å². The molecule has 1 N–H and O–H groups in total. The number of likely N-dealkylation sites (tertiary alicyclic amines) is 1. The van der Waals surface area contributed by atoms with Crippen molar-refractivity contribution in [3.05, 3.63) is 63.6 Å². The normalized spacial score (nSPS) is 15.5. The van der Waals surface area contributed by atoms with E-state index in [0.717, 1.165) is 16.1 Å². The summed E-state index contributed by atoms with van der Waals surface area (Å²) in [7, 11) is 3.18. The molecule has 0 saturated carbocycles. The number of thiazole rings is 1. The highest BCUT2D eigenvalue weighted by molar-refractivity contribution is 7.17. The number of aromatic nitrogens is 1. The van der Waals surface area contributed by atoms with Crippen molar-refractivity contribution in [3.8, 4) is 22.1 Å². The summed E-state index contributed by atoms with van der Waals surface area (Å²) in [5, 5.41) is 12.5. The second-order valence-electron chi connectivity index (χ2n) is 7.83. The quantitative estimate of drug-likeness (QED) is 0.571. The van der Waals surface area contributed by atoms with Crippen LogP contribution in [0.1, 0.15) is 33.8 Å². The Labute approximate surface area is 196 Å². The fourth-order valence-corrected chi connectivity index (χ4v) is 5.12. The number of rotatable bonds is 5. The number of carbonyl (C=O) groups excluding carboxylic acids is 1. The molecular formula is C24H25ClN2O4S. The monoisotopic (exact) mass is 472 g/mol. The van der Waals surface area contributed by atoms with Gasteiger partial charge >= 0.3 is 0 Å². The van der Waals surface area contributed by atoms with E-state index in [1.54, 1.807) is 31.3 Å². The Kier molecular flexibility index (Phi) is 6.42. The minimum absolute atomic E-state index is 0.0510. The highest BCUT2D eigenvalue weighted by Gasteiger charge is 2.36. The number of hydrogen-bond acceptors (Lipinski definition) is 6. The molecule has 168 valence electrons. The molecule has 0 spiro atoms. The molecule has 0 aliphatic carbocycles. The highest BCUT2D eigenvalue weighted by atomic mass is 35.5. The Hall–Kier alpha value is -2.61. The van der Waals surface area contributed by atoms with E-state index in [1.165, 1.54) is 11.3 Å². The van der Waals surface area contributed by atoms with Crippen LogP contribution >= 0.6 is 22.9 Å². The van der Waals surface area contributed by atoms with Gasteiger partial charge in [-0.1, -0.05) is 23.7 Å². The van der Waals surface area contributed by atoms with Crippen molar-refractivity contribution < 1.29 is 19.4 Å². The van der Waals surface area contributed by atoms with Crippen LogP contribution in [0.4, 0.5) is 0 Å². The average molecular weight is 473 g/mol. The first-order valence-electron chi connectivity index (χ1n) is 10.3. The van der Waals surface area contributed by atoms with E-state index >= 15 is 0 Å². The molecule has 3 aromatic rings. The molecule has 0 atom stereocenters. The van der Waals surface area contributed by atoms with Gasteiger partial charge in [-0.15, -0.1) is 11.3 Å². The lowest BCUT2D eigenvalue weighted by Crippen LogP contribution is -2.45. The Morgan fingerprint density at radius 2 is 1.75 bits per heavy atom. The van der Waals surface area contributed by atoms with Gasteiger partial charge < -0.3 is 19.5 Å². The summed E-state index contributed by atoms with van der Waals surface area (Å²) in [6.07, 6.45) is 0.946. The summed E-state index contributed by atoms with van der Waals surface area (Å²) in [5.74, 6) is 1.20. The van der Waals surface area contributed by atoms with E-state index in [2.05, 4.69) is 4.98 Å². The first-order valence-corrected chi connectivity index (χ1v) is 11.5. The van der Waals surface area contributed by atoms with Crippen LogP contribution in [0.25, 0.3) is 10.6 Å². The minimum Gasteiger partial charge on any atom is -0.493 e. The third kappa shape index (κ3) is 4.33. The van der Waals surface area contributed by atoms with Crippen LogP contribution in [0.2, 0.25) is 5.02 Å². The number of aryl methyl sites for hydroxylation is 1. The Bertz CT molecular complexity index is 1120. The smallest absolute Gasteiger partial charge is 0.265 e. The molecule has 0 unspecified atom stereocenters. The first-order chi connectivity index (χ1) is 15.3. The molecule has 32 heavy (non-hydrogen) atoms.